The zero-order valence-corrected chi connectivity index (χ0v) is 16.5. The highest BCUT2D eigenvalue weighted by molar-refractivity contribution is 5.78. The number of carbonyl (C=O) groups is 1. The second-order valence-electron chi connectivity index (χ2n) is 7.44. The van der Waals surface area contributed by atoms with E-state index >= 15 is 0 Å². The normalized spacial score (nSPS) is 16.1. The van der Waals surface area contributed by atoms with Crippen LogP contribution in [-0.4, -0.2) is 65.4 Å². The largest absolute Gasteiger partial charge is 0.331 e. The molecule has 0 aliphatic carbocycles. The highest BCUT2D eigenvalue weighted by atomic mass is 16.2. The van der Waals surface area contributed by atoms with Crippen LogP contribution in [-0.2, 0) is 17.9 Å². The lowest BCUT2D eigenvalue weighted by molar-refractivity contribution is -0.133. The Kier molecular flexibility index (Phi) is 6.96. The maximum atomic E-state index is 13.2. The summed E-state index contributed by atoms with van der Waals surface area (Å²) in [6, 6.07) is 14.2. The van der Waals surface area contributed by atoms with Gasteiger partial charge in [0.1, 0.15) is 0 Å². The van der Waals surface area contributed by atoms with Gasteiger partial charge in [-0.2, -0.15) is 0 Å². The topological polar surface area (TPSA) is 39.7 Å². The molecule has 3 rings (SSSR count). The third-order valence-electron chi connectivity index (χ3n) is 5.20. The first-order chi connectivity index (χ1) is 13.1. The summed E-state index contributed by atoms with van der Waals surface area (Å²) in [5.74, 6) is 0.174. The van der Waals surface area contributed by atoms with Gasteiger partial charge in [-0.25, -0.2) is 0 Å². The third-order valence-corrected chi connectivity index (χ3v) is 5.20. The smallest absolute Gasteiger partial charge is 0.237 e. The van der Waals surface area contributed by atoms with Gasteiger partial charge in [-0.15, -0.1) is 0 Å². The van der Waals surface area contributed by atoms with Crippen LogP contribution >= 0.6 is 0 Å². The average Bonchev–Trinajstić information content (AvgIpc) is 2.88. The molecule has 2 aromatic rings. The van der Waals surface area contributed by atoms with E-state index in [4.69, 9.17) is 0 Å². The minimum atomic E-state index is 0.174. The van der Waals surface area contributed by atoms with E-state index in [0.717, 1.165) is 49.4 Å². The van der Waals surface area contributed by atoms with Gasteiger partial charge in [0.2, 0.25) is 5.91 Å². The molecule has 0 bridgehead atoms. The third kappa shape index (κ3) is 5.88. The summed E-state index contributed by atoms with van der Waals surface area (Å²) in [6.07, 6.45) is 2.92. The second kappa shape index (κ2) is 9.62. The fourth-order valence-electron chi connectivity index (χ4n) is 3.45. The van der Waals surface area contributed by atoms with Crippen molar-refractivity contribution >= 4 is 5.91 Å². The molecule has 1 aliphatic rings. The minimum Gasteiger partial charge on any atom is -0.331 e. The zero-order chi connectivity index (χ0) is 19.1. The van der Waals surface area contributed by atoms with Crippen LogP contribution in [0.4, 0.5) is 0 Å². The van der Waals surface area contributed by atoms with Crippen molar-refractivity contribution in [3.05, 3.63) is 65.5 Å². The summed E-state index contributed by atoms with van der Waals surface area (Å²) in [7, 11) is 2.15. The van der Waals surface area contributed by atoms with Gasteiger partial charge in [0, 0.05) is 25.8 Å². The van der Waals surface area contributed by atoms with Gasteiger partial charge in [0.25, 0.3) is 0 Å². The van der Waals surface area contributed by atoms with E-state index < -0.39 is 0 Å². The van der Waals surface area contributed by atoms with E-state index in [9.17, 15) is 4.79 Å². The van der Waals surface area contributed by atoms with Crippen LogP contribution in [0.2, 0.25) is 0 Å². The number of benzene rings is 1. The summed E-state index contributed by atoms with van der Waals surface area (Å²) in [5, 5.41) is 0. The molecule has 27 heavy (non-hydrogen) atoms. The van der Waals surface area contributed by atoms with Gasteiger partial charge in [-0.3, -0.25) is 14.7 Å². The van der Waals surface area contributed by atoms with Crippen molar-refractivity contribution in [1.82, 2.24) is 19.7 Å². The number of aryl methyl sites for hydroxylation is 1. The van der Waals surface area contributed by atoms with E-state index in [0.29, 0.717) is 19.6 Å². The van der Waals surface area contributed by atoms with Crippen LogP contribution in [0.3, 0.4) is 0 Å². The van der Waals surface area contributed by atoms with Gasteiger partial charge in [-0.1, -0.05) is 36.4 Å². The summed E-state index contributed by atoms with van der Waals surface area (Å²) >= 11 is 0. The quantitative estimate of drug-likeness (QED) is 0.788. The fourth-order valence-corrected chi connectivity index (χ4v) is 3.45. The van der Waals surface area contributed by atoms with E-state index in [1.165, 1.54) is 0 Å². The first-order valence-corrected chi connectivity index (χ1v) is 9.75. The first kappa shape index (κ1) is 19.5. The number of carbonyl (C=O) groups excluding carboxylic acids is 1. The van der Waals surface area contributed by atoms with E-state index in [-0.39, 0.29) is 5.91 Å². The number of nitrogens with zero attached hydrogens (tertiary/aromatic N) is 4. The predicted molar refractivity (Wildman–Crippen MR) is 108 cm³/mol. The second-order valence-corrected chi connectivity index (χ2v) is 7.44. The lowest BCUT2D eigenvalue weighted by atomic mass is 10.1. The molecule has 5 nitrogen and oxygen atoms in total. The van der Waals surface area contributed by atoms with Crippen LogP contribution in [0.5, 0.6) is 0 Å². The Balaban J connectivity index is 1.71. The Labute approximate surface area is 162 Å². The van der Waals surface area contributed by atoms with Crippen LogP contribution in [0.25, 0.3) is 0 Å². The predicted octanol–water partition coefficient (Wildman–Crippen LogP) is 2.56. The van der Waals surface area contributed by atoms with E-state index in [1.54, 1.807) is 6.20 Å². The van der Waals surface area contributed by atoms with Gasteiger partial charge < -0.3 is 9.80 Å². The molecule has 1 fully saturated rings. The number of hydrogen-bond acceptors (Lipinski definition) is 4. The summed E-state index contributed by atoms with van der Waals surface area (Å²) in [5.41, 5.74) is 3.24. The lowest BCUT2D eigenvalue weighted by Gasteiger charge is -2.27. The van der Waals surface area contributed by atoms with Crippen molar-refractivity contribution < 1.29 is 4.79 Å². The molecule has 0 unspecified atom stereocenters. The van der Waals surface area contributed by atoms with Crippen molar-refractivity contribution in [2.45, 2.75) is 26.4 Å². The molecule has 1 aliphatic heterocycles. The van der Waals surface area contributed by atoms with Crippen LogP contribution in [0.1, 0.15) is 23.2 Å². The maximum Gasteiger partial charge on any atom is 0.237 e. The van der Waals surface area contributed by atoms with E-state index in [2.05, 4.69) is 47.0 Å². The molecule has 1 aromatic heterocycles. The molecule has 1 saturated heterocycles. The van der Waals surface area contributed by atoms with Gasteiger partial charge in [0.05, 0.1) is 18.8 Å². The highest BCUT2D eigenvalue weighted by Crippen LogP contribution is 2.13. The van der Waals surface area contributed by atoms with E-state index in [1.807, 2.05) is 29.2 Å². The molecule has 144 valence electrons. The Morgan fingerprint density at radius 3 is 2.63 bits per heavy atom. The Bertz CT molecular complexity index is 734. The number of rotatable bonds is 6. The van der Waals surface area contributed by atoms with Gasteiger partial charge in [-0.05, 0) is 50.7 Å². The van der Waals surface area contributed by atoms with Crippen LogP contribution in [0.15, 0.2) is 48.7 Å². The number of aromatic nitrogens is 1. The Morgan fingerprint density at radius 2 is 1.85 bits per heavy atom. The van der Waals surface area contributed by atoms with Crippen molar-refractivity contribution in [2.75, 3.05) is 39.8 Å². The van der Waals surface area contributed by atoms with Gasteiger partial charge >= 0.3 is 0 Å². The lowest BCUT2D eigenvalue weighted by Crippen LogP contribution is -2.41. The standard InChI is InChI=1S/C22H30N4O/c1-19-8-6-11-23-21(19)17-26(16-20-9-4-3-5-10-20)22(27)18-25-13-7-12-24(2)14-15-25/h3-6,8-11H,7,12-18H2,1-2H3. The Hall–Kier alpha value is -2.24. The molecule has 0 atom stereocenters. The summed E-state index contributed by atoms with van der Waals surface area (Å²) < 4.78 is 0. The minimum absolute atomic E-state index is 0.174. The van der Waals surface area contributed by atoms with Crippen molar-refractivity contribution in [3.63, 3.8) is 0 Å². The summed E-state index contributed by atoms with van der Waals surface area (Å²) in [6.45, 7) is 7.75. The molecule has 0 saturated carbocycles. The van der Waals surface area contributed by atoms with Crippen molar-refractivity contribution in [1.29, 1.82) is 0 Å². The molecule has 0 N–H and O–H groups in total. The molecular formula is C22H30N4O. The average molecular weight is 367 g/mol. The molecule has 0 radical (unpaired) electrons. The number of likely N-dealkylation sites (N-methyl/N-ethyl adjacent to an activating group) is 1. The number of amides is 1. The highest BCUT2D eigenvalue weighted by Gasteiger charge is 2.21. The molecular weight excluding hydrogens is 336 g/mol. The molecule has 5 heteroatoms. The molecule has 0 spiro atoms. The van der Waals surface area contributed by atoms with Crippen molar-refractivity contribution in [2.24, 2.45) is 0 Å². The number of pyridine rings is 1. The van der Waals surface area contributed by atoms with Crippen LogP contribution < -0.4 is 0 Å². The number of hydrogen-bond donors (Lipinski definition) is 0. The molecule has 1 aromatic carbocycles. The maximum absolute atomic E-state index is 13.2. The molecule has 1 amide bonds. The zero-order valence-electron chi connectivity index (χ0n) is 16.5. The monoisotopic (exact) mass is 366 g/mol. The Morgan fingerprint density at radius 1 is 1.04 bits per heavy atom. The summed E-state index contributed by atoms with van der Waals surface area (Å²) in [4.78, 5) is 24.2. The fraction of sp³-hybridized carbons (Fsp3) is 0.455. The first-order valence-electron chi connectivity index (χ1n) is 9.75. The molecule has 2 heterocycles. The van der Waals surface area contributed by atoms with Gasteiger partial charge in [0.15, 0.2) is 0 Å². The van der Waals surface area contributed by atoms with Crippen LogP contribution in [0, 0.1) is 6.92 Å². The SMILES string of the molecule is Cc1cccnc1CN(Cc1ccccc1)C(=O)CN1CCCN(C)CC1. The van der Waals surface area contributed by atoms with Crippen molar-refractivity contribution in [3.8, 4) is 0 Å².